The minimum absolute atomic E-state index is 0.0980. The van der Waals surface area contributed by atoms with Crippen molar-refractivity contribution in [2.24, 2.45) is 5.41 Å². The van der Waals surface area contributed by atoms with E-state index in [-0.39, 0.29) is 23.3 Å². The van der Waals surface area contributed by atoms with Crippen molar-refractivity contribution in [2.45, 2.75) is 65.9 Å². The minimum Gasteiger partial charge on any atom is -0.459 e. The smallest absolute Gasteiger partial charge is 0.337 e. The molecule has 2 atom stereocenters. The number of allylic oxidation sites excluding steroid dienone is 3. The zero-order valence-corrected chi connectivity index (χ0v) is 18.8. The van der Waals surface area contributed by atoms with E-state index in [4.69, 9.17) is 4.74 Å². The molecule has 1 N–H and O–H groups in total. The highest BCUT2D eigenvalue weighted by molar-refractivity contribution is 9.10. The normalized spacial score (nSPS) is 22.5. The van der Waals surface area contributed by atoms with Crippen molar-refractivity contribution < 1.29 is 14.3 Å². The summed E-state index contributed by atoms with van der Waals surface area (Å²) in [5.41, 5.74) is 3.74. The van der Waals surface area contributed by atoms with Crippen LogP contribution in [0.4, 0.5) is 0 Å². The Bertz CT molecular complexity index is 882. The first-order chi connectivity index (χ1) is 13.1. The molecule has 0 radical (unpaired) electrons. The summed E-state index contributed by atoms with van der Waals surface area (Å²) in [5, 5.41) is 3.37. The van der Waals surface area contributed by atoms with E-state index >= 15 is 0 Å². The van der Waals surface area contributed by atoms with E-state index < -0.39 is 5.92 Å². The number of hydrogen-bond donors (Lipinski definition) is 1. The van der Waals surface area contributed by atoms with Gasteiger partial charge in [-0.15, -0.1) is 0 Å². The van der Waals surface area contributed by atoms with Gasteiger partial charge >= 0.3 is 5.97 Å². The Morgan fingerprint density at radius 1 is 1.32 bits per heavy atom. The Morgan fingerprint density at radius 3 is 2.64 bits per heavy atom. The fourth-order valence-electron chi connectivity index (χ4n) is 4.06. The second kappa shape index (κ2) is 7.86. The number of Topliss-reactive ketones (excluding diaryl/α,β-unsaturated/α-hetero) is 1. The molecule has 0 bridgehead atoms. The maximum absolute atomic E-state index is 13.2. The van der Waals surface area contributed by atoms with E-state index in [0.29, 0.717) is 17.6 Å². The number of hydrogen-bond acceptors (Lipinski definition) is 4. The summed E-state index contributed by atoms with van der Waals surface area (Å²) in [5.74, 6) is -0.683. The van der Waals surface area contributed by atoms with Crippen LogP contribution in [0.25, 0.3) is 0 Å². The minimum atomic E-state index is -0.424. The van der Waals surface area contributed by atoms with Gasteiger partial charge in [-0.2, -0.15) is 0 Å². The fourth-order valence-corrected chi connectivity index (χ4v) is 4.57. The molecular formula is C23H28BrNO3. The molecule has 1 aromatic carbocycles. The van der Waals surface area contributed by atoms with Crippen LogP contribution in [0.1, 0.15) is 65.4 Å². The third kappa shape index (κ3) is 3.95. The van der Waals surface area contributed by atoms with E-state index in [0.717, 1.165) is 34.3 Å². The van der Waals surface area contributed by atoms with Gasteiger partial charge in [-0.05, 0) is 43.7 Å². The molecule has 4 nitrogen and oxygen atoms in total. The Kier molecular flexibility index (Phi) is 5.85. The van der Waals surface area contributed by atoms with Crippen LogP contribution in [0.15, 0.2) is 51.3 Å². The maximum atomic E-state index is 13.2. The monoisotopic (exact) mass is 445 g/mol. The molecule has 3 rings (SSSR count). The highest BCUT2D eigenvalue weighted by Crippen LogP contribution is 2.48. The third-order valence-electron chi connectivity index (χ3n) is 5.56. The van der Waals surface area contributed by atoms with Gasteiger partial charge in [0.2, 0.25) is 0 Å². The largest absolute Gasteiger partial charge is 0.459 e. The highest BCUT2D eigenvalue weighted by atomic mass is 79.9. The van der Waals surface area contributed by atoms with Crippen LogP contribution in [0, 0.1) is 5.41 Å². The van der Waals surface area contributed by atoms with E-state index in [1.54, 1.807) is 0 Å². The molecule has 1 aliphatic carbocycles. The predicted octanol–water partition coefficient (Wildman–Crippen LogP) is 5.39. The van der Waals surface area contributed by atoms with Gasteiger partial charge in [0.15, 0.2) is 5.78 Å². The van der Waals surface area contributed by atoms with Gasteiger partial charge < -0.3 is 10.1 Å². The second-order valence-corrected chi connectivity index (χ2v) is 9.43. The standard InChI is InChI=1S/C23H28BrNO3/c1-6-13(2)28-22(27)19-14(3)25-17-11-23(4,5)12-18(26)21(17)20(19)15-9-7-8-10-16(15)24/h7-10,13,20,25H,6,11-12H2,1-5H3/t13-,20+/m0/s1. The first kappa shape index (κ1) is 20.8. The number of ether oxygens (including phenoxy) is 1. The van der Waals surface area contributed by atoms with Crippen LogP contribution < -0.4 is 5.32 Å². The lowest BCUT2D eigenvalue weighted by Gasteiger charge is -2.39. The Balaban J connectivity index is 2.16. The quantitative estimate of drug-likeness (QED) is 0.630. The fraction of sp³-hybridized carbons (Fsp3) is 0.478. The molecule has 28 heavy (non-hydrogen) atoms. The maximum Gasteiger partial charge on any atom is 0.337 e. The number of dihydropyridines is 1. The van der Waals surface area contributed by atoms with E-state index in [1.807, 2.05) is 45.0 Å². The number of halogens is 1. The number of ketones is 1. The topological polar surface area (TPSA) is 55.4 Å². The third-order valence-corrected chi connectivity index (χ3v) is 6.28. The molecule has 5 heteroatoms. The van der Waals surface area contributed by atoms with Gasteiger partial charge in [0.25, 0.3) is 0 Å². The Morgan fingerprint density at radius 2 is 2.00 bits per heavy atom. The molecular weight excluding hydrogens is 418 g/mol. The van der Waals surface area contributed by atoms with Crippen molar-refractivity contribution in [2.75, 3.05) is 0 Å². The van der Waals surface area contributed by atoms with Gasteiger partial charge in [-0.3, -0.25) is 4.79 Å². The van der Waals surface area contributed by atoms with Gasteiger partial charge in [0.05, 0.1) is 11.7 Å². The summed E-state index contributed by atoms with van der Waals surface area (Å²) >= 11 is 3.62. The number of carbonyl (C=O) groups is 2. The van der Waals surface area contributed by atoms with Crippen LogP contribution in [-0.2, 0) is 14.3 Å². The zero-order valence-electron chi connectivity index (χ0n) is 17.2. The van der Waals surface area contributed by atoms with Crippen molar-refractivity contribution in [3.8, 4) is 0 Å². The van der Waals surface area contributed by atoms with Crippen molar-refractivity contribution in [3.63, 3.8) is 0 Å². The number of benzene rings is 1. The average Bonchev–Trinajstić information content (AvgIpc) is 2.59. The summed E-state index contributed by atoms with van der Waals surface area (Å²) in [7, 11) is 0. The van der Waals surface area contributed by atoms with Gasteiger partial charge in [-0.1, -0.05) is 54.9 Å². The Hall–Kier alpha value is -1.88. The van der Waals surface area contributed by atoms with Gasteiger partial charge in [0.1, 0.15) is 0 Å². The zero-order chi connectivity index (χ0) is 20.6. The molecule has 0 unspecified atom stereocenters. The van der Waals surface area contributed by atoms with Crippen molar-refractivity contribution in [1.82, 2.24) is 5.32 Å². The van der Waals surface area contributed by atoms with Gasteiger partial charge in [0, 0.05) is 33.8 Å². The van der Waals surface area contributed by atoms with Crippen molar-refractivity contribution in [3.05, 3.63) is 56.8 Å². The van der Waals surface area contributed by atoms with E-state index in [1.165, 1.54) is 0 Å². The van der Waals surface area contributed by atoms with Crippen LogP contribution >= 0.6 is 15.9 Å². The van der Waals surface area contributed by atoms with E-state index in [2.05, 4.69) is 35.1 Å². The van der Waals surface area contributed by atoms with Gasteiger partial charge in [-0.25, -0.2) is 4.79 Å². The van der Waals surface area contributed by atoms with Crippen molar-refractivity contribution in [1.29, 1.82) is 0 Å². The molecule has 1 aromatic rings. The lowest BCUT2D eigenvalue weighted by Crippen LogP contribution is -2.39. The molecule has 0 fully saturated rings. The second-order valence-electron chi connectivity index (χ2n) is 8.58. The lowest BCUT2D eigenvalue weighted by molar-refractivity contribution is -0.144. The van der Waals surface area contributed by atoms with E-state index in [9.17, 15) is 9.59 Å². The molecule has 1 heterocycles. The number of nitrogens with one attached hydrogen (secondary N) is 1. The molecule has 0 amide bonds. The summed E-state index contributed by atoms with van der Waals surface area (Å²) < 4.78 is 6.55. The molecule has 0 spiro atoms. The molecule has 2 aliphatic rings. The van der Waals surface area contributed by atoms with Crippen LogP contribution in [0.2, 0.25) is 0 Å². The first-order valence-corrected chi connectivity index (χ1v) is 10.6. The molecule has 0 saturated heterocycles. The number of esters is 1. The Labute approximate surface area is 175 Å². The summed E-state index contributed by atoms with van der Waals surface area (Å²) in [4.78, 5) is 26.3. The molecule has 1 aliphatic heterocycles. The summed E-state index contributed by atoms with van der Waals surface area (Å²) in [6.07, 6.45) is 1.82. The molecule has 150 valence electrons. The predicted molar refractivity (Wildman–Crippen MR) is 114 cm³/mol. The number of carbonyl (C=O) groups excluding carboxylic acids is 2. The lowest BCUT2D eigenvalue weighted by atomic mass is 9.68. The van der Waals surface area contributed by atoms with Crippen molar-refractivity contribution >= 4 is 27.7 Å². The SMILES string of the molecule is CC[C@H](C)OC(=O)C1=C(C)NC2=C(C(=O)CC(C)(C)C2)[C@@H]1c1ccccc1Br. The molecule has 0 aromatic heterocycles. The summed E-state index contributed by atoms with van der Waals surface area (Å²) in [6.45, 7) is 9.98. The average molecular weight is 446 g/mol. The van der Waals surface area contributed by atoms with Crippen LogP contribution in [-0.4, -0.2) is 17.9 Å². The molecule has 0 saturated carbocycles. The van der Waals surface area contributed by atoms with Crippen LogP contribution in [0.5, 0.6) is 0 Å². The summed E-state index contributed by atoms with van der Waals surface area (Å²) in [6, 6.07) is 7.79. The first-order valence-electron chi connectivity index (χ1n) is 9.84. The number of rotatable bonds is 4. The highest BCUT2D eigenvalue weighted by Gasteiger charge is 2.43. The van der Waals surface area contributed by atoms with Crippen LogP contribution in [0.3, 0.4) is 0 Å².